The molecule has 4 rings (SSSR count). The fourth-order valence-electron chi connectivity index (χ4n) is 3.18. The third-order valence-corrected chi connectivity index (χ3v) is 6.16. The Kier molecular flexibility index (Phi) is 5.17. The Balaban J connectivity index is 1.67. The minimum atomic E-state index is -4.53. The molecule has 0 radical (unpaired) electrons. The van der Waals surface area contributed by atoms with Gasteiger partial charge < -0.3 is 10.4 Å². The SMILES string of the molecule is O=C1Nc2ccc(S(=O)(=O)Nc3ccc(C(F)(F)F)cc3)cc2C1=Cc1ccccc1O. The zero-order valence-corrected chi connectivity index (χ0v) is 17.0. The van der Waals surface area contributed by atoms with Gasteiger partial charge in [0.2, 0.25) is 0 Å². The van der Waals surface area contributed by atoms with Crippen LogP contribution in [0.1, 0.15) is 16.7 Å². The van der Waals surface area contributed by atoms with Crippen LogP contribution in [-0.4, -0.2) is 19.4 Å². The number of nitrogens with one attached hydrogen (secondary N) is 2. The number of anilines is 2. The molecule has 6 nitrogen and oxygen atoms in total. The first-order valence-corrected chi connectivity index (χ1v) is 10.7. The van der Waals surface area contributed by atoms with Crippen LogP contribution in [0.4, 0.5) is 24.5 Å². The van der Waals surface area contributed by atoms with Crippen LogP contribution in [0.3, 0.4) is 0 Å². The molecule has 0 aromatic heterocycles. The van der Waals surface area contributed by atoms with Crippen LogP contribution in [0, 0.1) is 0 Å². The smallest absolute Gasteiger partial charge is 0.416 e. The zero-order valence-electron chi connectivity index (χ0n) is 16.1. The highest BCUT2D eigenvalue weighted by atomic mass is 32.2. The maximum atomic E-state index is 12.8. The van der Waals surface area contributed by atoms with E-state index in [-0.39, 0.29) is 21.9 Å². The average Bonchev–Trinajstić information content (AvgIpc) is 3.03. The molecule has 0 aliphatic carbocycles. The normalized spacial score (nSPS) is 14.8. The van der Waals surface area contributed by atoms with Crippen LogP contribution < -0.4 is 10.0 Å². The monoisotopic (exact) mass is 460 g/mol. The summed E-state index contributed by atoms with van der Waals surface area (Å²) < 4.78 is 65.9. The van der Waals surface area contributed by atoms with Crippen molar-refractivity contribution in [1.82, 2.24) is 0 Å². The number of benzene rings is 3. The molecule has 3 aromatic carbocycles. The highest BCUT2D eigenvalue weighted by Gasteiger charge is 2.30. The Hall–Kier alpha value is -3.79. The lowest BCUT2D eigenvalue weighted by molar-refractivity contribution is -0.137. The summed E-state index contributed by atoms with van der Waals surface area (Å²) in [6.07, 6.45) is -3.09. The summed E-state index contributed by atoms with van der Waals surface area (Å²) in [5, 5.41) is 12.6. The Bertz CT molecular complexity index is 1350. The molecule has 3 aromatic rings. The van der Waals surface area contributed by atoms with E-state index < -0.39 is 27.7 Å². The number of aromatic hydroxyl groups is 1. The Morgan fingerprint density at radius 1 is 0.969 bits per heavy atom. The molecular formula is C22H15F3N2O4S. The molecule has 10 heteroatoms. The second kappa shape index (κ2) is 7.72. The quantitative estimate of drug-likeness (QED) is 0.492. The first-order valence-electron chi connectivity index (χ1n) is 9.20. The van der Waals surface area contributed by atoms with Crippen molar-refractivity contribution >= 4 is 39.0 Å². The summed E-state index contributed by atoms with van der Waals surface area (Å²) in [6.45, 7) is 0. The molecule has 0 spiro atoms. The van der Waals surface area contributed by atoms with E-state index >= 15 is 0 Å². The van der Waals surface area contributed by atoms with Crippen molar-refractivity contribution in [1.29, 1.82) is 0 Å². The summed E-state index contributed by atoms with van der Waals surface area (Å²) in [5.74, 6) is -0.512. The van der Waals surface area contributed by atoms with E-state index in [1.54, 1.807) is 18.2 Å². The predicted octanol–water partition coefficient (Wildman–Crippen LogP) is 4.70. The summed E-state index contributed by atoms with van der Waals surface area (Å²) in [6, 6.07) is 13.9. The van der Waals surface area contributed by atoms with Crippen LogP contribution >= 0.6 is 0 Å². The van der Waals surface area contributed by atoms with Crippen molar-refractivity contribution in [3.63, 3.8) is 0 Å². The number of halogens is 3. The molecule has 0 saturated carbocycles. The number of hydrogen-bond acceptors (Lipinski definition) is 4. The first-order chi connectivity index (χ1) is 15.0. The minimum Gasteiger partial charge on any atom is -0.507 e. The zero-order chi connectivity index (χ0) is 23.1. The molecule has 1 aliphatic heterocycles. The van der Waals surface area contributed by atoms with Gasteiger partial charge in [0, 0.05) is 28.1 Å². The third-order valence-electron chi connectivity index (χ3n) is 4.79. The van der Waals surface area contributed by atoms with Gasteiger partial charge >= 0.3 is 6.18 Å². The summed E-state index contributed by atoms with van der Waals surface area (Å²) in [7, 11) is -4.15. The number of sulfonamides is 1. The number of phenols is 1. The molecule has 164 valence electrons. The highest BCUT2D eigenvalue weighted by Crippen LogP contribution is 2.36. The summed E-state index contributed by atoms with van der Waals surface area (Å²) >= 11 is 0. The first kappa shape index (κ1) is 21.4. The molecule has 1 aliphatic rings. The molecule has 1 heterocycles. The number of fused-ring (bicyclic) bond motifs is 1. The topological polar surface area (TPSA) is 95.5 Å². The number of hydrogen-bond donors (Lipinski definition) is 3. The lowest BCUT2D eigenvalue weighted by Gasteiger charge is -2.11. The number of para-hydroxylation sites is 1. The predicted molar refractivity (Wildman–Crippen MR) is 113 cm³/mol. The third kappa shape index (κ3) is 4.17. The van der Waals surface area contributed by atoms with E-state index in [0.29, 0.717) is 16.8 Å². The molecule has 32 heavy (non-hydrogen) atoms. The number of phenolic OH excluding ortho intramolecular Hbond substituents is 1. The molecule has 0 bridgehead atoms. The van der Waals surface area contributed by atoms with Gasteiger partial charge in [-0.25, -0.2) is 8.42 Å². The standard InChI is InChI=1S/C22H15F3N2O4S/c23-22(24,25)14-5-7-15(8-6-14)27-32(30,31)16-9-10-19-17(12-16)18(21(29)26-19)11-13-3-1-2-4-20(13)28/h1-12,27-28H,(H,26,29). The largest absolute Gasteiger partial charge is 0.507 e. The Labute approximate surface area is 181 Å². The van der Waals surface area contributed by atoms with E-state index in [0.717, 1.165) is 24.3 Å². The van der Waals surface area contributed by atoms with Crippen LogP contribution in [0.15, 0.2) is 71.6 Å². The van der Waals surface area contributed by atoms with Crippen LogP contribution in [0.2, 0.25) is 0 Å². The van der Waals surface area contributed by atoms with E-state index in [4.69, 9.17) is 0 Å². The van der Waals surface area contributed by atoms with Gasteiger partial charge in [0.25, 0.3) is 15.9 Å². The summed E-state index contributed by atoms with van der Waals surface area (Å²) in [5.41, 5.74) is 0.299. The van der Waals surface area contributed by atoms with Crippen molar-refractivity contribution in [2.45, 2.75) is 11.1 Å². The van der Waals surface area contributed by atoms with Gasteiger partial charge in [-0.2, -0.15) is 13.2 Å². The highest BCUT2D eigenvalue weighted by molar-refractivity contribution is 7.92. The van der Waals surface area contributed by atoms with Crippen LogP contribution in [-0.2, 0) is 21.0 Å². The van der Waals surface area contributed by atoms with Crippen molar-refractivity contribution in [2.24, 2.45) is 0 Å². The van der Waals surface area contributed by atoms with E-state index in [1.807, 2.05) is 0 Å². The van der Waals surface area contributed by atoms with Gasteiger partial charge in [0.1, 0.15) is 5.75 Å². The molecule has 0 saturated heterocycles. The van der Waals surface area contributed by atoms with E-state index in [1.165, 1.54) is 30.3 Å². The molecular weight excluding hydrogens is 445 g/mol. The maximum Gasteiger partial charge on any atom is 0.416 e. The van der Waals surface area contributed by atoms with Gasteiger partial charge in [0.05, 0.1) is 10.5 Å². The van der Waals surface area contributed by atoms with Crippen LogP contribution in [0.25, 0.3) is 11.6 Å². The Morgan fingerprint density at radius 2 is 1.66 bits per heavy atom. The van der Waals surface area contributed by atoms with Crippen LogP contribution in [0.5, 0.6) is 5.75 Å². The average molecular weight is 460 g/mol. The second-order valence-electron chi connectivity index (χ2n) is 6.96. The molecule has 0 atom stereocenters. The lowest BCUT2D eigenvalue weighted by Crippen LogP contribution is -2.13. The number of alkyl halides is 3. The van der Waals surface area contributed by atoms with Gasteiger partial charge in [-0.1, -0.05) is 18.2 Å². The van der Waals surface area contributed by atoms with Crippen molar-refractivity contribution in [3.05, 3.63) is 83.4 Å². The molecule has 0 fully saturated rings. The lowest BCUT2D eigenvalue weighted by atomic mass is 10.0. The number of carbonyl (C=O) groups is 1. The van der Waals surface area contributed by atoms with E-state index in [9.17, 15) is 31.5 Å². The maximum absolute atomic E-state index is 12.8. The number of rotatable bonds is 4. The van der Waals surface area contributed by atoms with Gasteiger partial charge in [0.15, 0.2) is 0 Å². The molecule has 3 N–H and O–H groups in total. The molecule has 1 amide bonds. The van der Waals surface area contributed by atoms with Crippen molar-refractivity contribution in [3.8, 4) is 5.75 Å². The number of carbonyl (C=O) groups excluding carboxylic acids is 1. The van der Waals surface area contributed by atoms with Gasteiger partial charge in [-0.3, -0.25) is 9.52 Å². The van der Waals surface area contributed by atoms with E-state index in [2.05, 4.69) is 10.0 Å². The van der Waals surface area contributed by atoms with Crippen molar-refractivity contribution < 1.29 is 31.5 Å². The molecule has 0 unspecified atom stereocenters. The number of amides is 1. The van der Waals surface area contributed by atoms with Gasteiger partial charge in [-0.05, 0) is 54.6 Å². The summed E-state index contributed by atoms with van der Waals surface area (Å²) in [4.78, 5) is 12.2. The Morgan fingerprint density at radius 3 is 2.31 bits per heavy atom. The van der Waals surface area contributed by atoms with Crippen molar-refractivity contribution in [2.75, 3.05) is 10.0 Å². The van der Waals surface area contributed by atoms with Gasteiger partial charge in [-0.15, -0.1) is 0 Å². The fourth-order valence-corrected chi connectivity index (χ4v) is 4.27. The second-order valence-corrected chi connectivity index (χ2v) is 8.64. The fraction of sp³-hybridized carbons (Fsp3) is 0.0455. The minimum absolute atomic E-state index is 0.0438.